The standard InChI is InChI=1S/C18H22FNO3/c19-15-7-5-14(6-8-15)18(9-1-2-10-18)20-16(21)12-3-4-13(11-12)17(22)23/h5-8,12-13H,1-4,9-11H2,(H,20,21)(H,22,23)/t12-,13+/m0/s1. The fourth-order valence-corrected chi connectivity index (χ4v) is 4.02. The molecule has 1 aromatic rings. The van der Waals surface area contributed by atoms with E-state index in [1.54, 1.807) is 12.1 Å². The molecule has 2 aliphatic rings. The van der Waals surface area contributed by atoms with Crippen molar-refractivity contribution in [1.29, 1.82) is 0 Å². The fraction of sp³-hybridized carbons (Fsp3) is 0.556. The van der Waals surface area contributed by atoms with E-state index in [1.165, 1.54) is 12.1 Å². The molecular formula is C18H22FNO3. The Kier molecular flexibility index (Phi) is 4.37. The van der Waals surface area contributed by atoms with E-state index in [1.807, 2.05) is 0 Å². The zero-order valence-electron chi connectivity index (χ0n) is 13.1. The highest BCUT2D eigenvalue weighted by atomic mass is 19.1. The lowest BCUT2D eigenvalue weighted by atomic mass is 9.87. The molecule has 3 rings (SSSR count). The molecule has 2 atom stereocenters. The molecular weight excluding hydrogens is 297 g/mol. The molecule has 4 nitrogen and oxygen atoms in total. The Morgan fingerprint density at radius 1 is 1.09 bits per heavy atom. The number of aliphatic carboxylic acids is 1. The van der Waals surface area contributed by atoms with Gasteiger partial charge in [-0.25, -0.2) is 4.39 Å². The first-order valence-corrected chi connectivity index (χ1v) is 8.31. The summed E-state index contributed by atoms with van der Waals surface area (Å²) >= 11 is 0. The van der Waals surface area contributed by atoms with E-state index in [0.717, 1.165) is 31.2 Å². The largest absolute Gasteiger partial charge is 0.481 e. The number of carbonyl (C=O) groups excluding carboxylic acids is 1. The van der Waals surface area contributed by atoms with Gasteiger partial charge in [-0.1, -0.05) is 25.0 Å². The van der Waals surface area contributed by atoms with Gasteiger partial charge in [-0.15, -0.1) is 0 Å². The third kappa shape index (κ3) is 3.23. The predicted molar refractivity (Wildman–Crippen MR) is 83.2 cm³/mol. The predicted octanol–water partition coefficient (Wildman–Crippen LogP) is 3.21. The highest BCUT2D eigenvalue weighted by Gasteiger charge is 2.40. The van der Waals surface area contributed by atoms with Crippen LogP contribution in [0.25, 0.3) is 0 Å². The zero-order valence-corrected chi connectivity index (χ0v) is 13.1. The van der Waals surface area contributed by atoms with Gasteiger partial charge in [-0.3, -0.25) is 9.59 Å². The molecule has 0 aromatic heterocycles. The summed E-state index contributed by atoms with van der Waals surface area (Å²) in [5.74, 6) is -1.78. The Morgan fingerprint density at radius 3 is 2.26 bits per heavy atom. The van der Waals surface area contributed by atoms with Gasteiger partial charge in [0.05, 0.1) is 11.5 Å². The highest BCUT2D eigenvalue weighted by molar-refractivity contribution is 5.81. The fourth-order valence-electron chi connectivity index (χ4n) is 4.02. The molecule has 1 aromatic carbocycles. The van der Waals surface area contributed by atoms with Gasteiger partial charge >= 0.3 is 5.97 Å². The lowest BCUT2D eigenvalue weighted by Crippen LogP contribution is -2.46. The minimum absolute atomic E-state index is 0.0556. The number of benzene rings is 1. The van der Waals surface area contributed by atoms with Gasteiger partial charge in [0, 0.05) is 5.92 Å². The van der Waals surface area contributed by atoms with Gasteiger partial charge in [-0.2, -0.15) is 0 Å². The van der Waals surface area contributed by atoms with Crippen molar-refractivity contribution in [2.75, 3.05) is 0 Å². The van der Waals surface area contributed by atoms with Crippen LogP contribution in [0.4, 0.5) is 4.39 Å². The van der Waals surface area contributed by atoms with Gasteiger partial charge in [-0.05, 0) is 49.8 Å². The van der Waals surface area contributed by atoms with Crippen LogP contribution in [0.3, 0.4) is 0 Å². The van der Waals surface area contributed by atoms with Crippen molar-refractivity contribution in [1.82, 2.24) is 5.32 Å². The van der Waals surface area contributed by atoms with Crippen molar-refractivity contribution in [2.45, 2.75) is 50.5 Å². The molecule has 0 saturated heterocycles. The molecule has 0 unspecified atom stereocenters. The first kappa shape index (κ1) is 16.0. The van der Waals surface area contributed by atoms with Crippen LogP contribution in [0.1, 0.15) is 50.5 Å². The Bertz CT molecular complexity index is 593. The second-order valence-corrected chi connectivity index (χ2v) is 6.83. The van der Waals surface area contributed by atoms with Gasteiger partial charge in [0.15, 0.2) is 0 Å². The number of amides is 1. The highest BCUT2D eigenvalue weighted by Crippen LogP contribution is 2.40. The average Bonchev–Trinajstić information content (AvgIpc) is 3.17. The first-order valence-electron chi connectivity index (χ1n) is 8.31. The Labute approximate surface area is 135 Å². The quantitative estimate of drug-likeness (QED) is 0.895. The lowest BCUT2D eigenvalue weighted by molar-refractivity contribution is -0.141. The number of rotatable bonds is 4. The average molecular weight is 319 g/mol. The monoisotopic (exact) mass is 319 g/mol. The first-order chi connectivity index (χ1) is 11.0. The number of hydrogen-bond donors (Lipinski definition) is 2. The molecule has 0 radical (unpaired) electrons. The third-order valence-electron chi connectivity index (χ3n) is 5.37. The SMILES string of the molecule is O=C(O)[C@@H]1CC[C@H](C(=O)NC2(c3ccc(F)cc3)CCCC2)C1. The molecule has 0 heterocycles. The summed E-state index contributed by atoms with van der Waals surface area (Å²) in [6.07, 6.45) is 5.36. The van der Waals surface area contributed by atoms with Crippen molar-refractivity contribution in [3.8, 4) is 0 Å². The van der Waals surface area contributed by atoms with E-state index in [9.17, 15) is 14.0 Å². The van der Waals surface area contributed by atoms with Crippen molar-refractivity contribution in [3.05, 3.63) is 35.6 Å². The van der Waals surface area contributed by atoms with Crippen LogP contribution in [-0.2, 0) is 15.1 Å². The number of nitrogens with one attached hydrogen (secondary N) is 1. The van der Waals surface area contributed by atoms with Crippen LogP contribution >= 0.6 is 0 Å². The van der Waals surface area contributed by atoms with Crippen molar-refractivity contribution < 1.29 is 19.1 Å². The van der Waals surface area contributed by atoms with Gasteiger partial charge in [0.25, 0.3) is 0 Å². The van der Waals surface area contributed by atoms with Crippen molar-refractivity contribution in [2.24, 2.45) is 11.8 Å². The van der Waals surface area contributed by atoms with E-state index in [4.69, 9.17) is 5.11 Å². The molecule has 2 saturated carbocycles. The number of carboxylic acid groups (broad SMARTS) is 1. The summed E-state index contributed by atoms with van der Waals surface area (Å²) in [6.45, 7) is 0. The lowest BCUT2D eigenvalue weighted by Gasteiger charge is -2.32. The van der Waals surface area contributed by atoms with E-state index in [-0.39, 0.29) is 17.6 Å². The van der Waals surface area contributed by atoms with Crippen LogP contribution in [0.2, 0.25) is 0 Å². The number of hydrogen-bond acceptors (Lipinski definition) is 2. The summed E-state index contributed by atoms with van der Waals surface area (Å²) in [4.78, 5) is 23.7. The van der Waals surface area contributed by atoms with E-state index >= 15 is 0 Å². The second-order valence-electron chi connectivity index (χ2n) is 6.83. The Morgan fingerprint density at radius 2 is 1.70 bits per heavy atom. The summed E-state index contributed by atoms with van der Waals surface area (Å²) in [6, 6.07) is 6.35. The van der Waals surface area contributed by atoms with Crippen LogP contribution in [0, 0.1) is 17.7 Å². The van der Waals surface area contributed by atoms with E-state index in [2.05, 4.69) is 5.32 Å². The summed E-state index contributed by atoms with van der Waals surface area (Å²) in [5.41, 5.74) is 0.518. The van der Waals surface area contributed by atoms with Gasteiger partial charge in [0.1, 0.15) is 5.82 Å². The third-order valence-corrected chi connectivity index (χ3v) is 5.37. The summed E-state index contributed by atoms with van der Waals surface area (Å²) < 4.78 is 13.2. The summed E-state index contributed by atoms with van der Waals surface area (Å²) in [7, 11) is 0. The Hall–Kier alpha value is -1.91. The second kappa shape index (κ2) is 6.30. The molecule has 2 N–H and O–H groups in total. The molecule has 23 heavy (non-hydrogen) atoms. The molecule has 0 bridgehead atoms. The molecule has 1 amide bonds. The van der Waals surface area contributed by atoms with E-state index in [0.29, 0.717) is 19.3 Å². The van der Waals surface area contributed by atoms with Crippen LogP contribution in [-0.4, -0.2) is 17.0 Å². The molecule has 5 heteroatoms. The maximum Gasteiger partial charge on any atom is 0.306 e. The zero-order chi connectivity index (χ0) is 16.4. The van der Waals surface area contributed by atoms with Gasteiger partial charge < -0.3 is 10.4 Å². The normalized spacial score (nSPS) is 26.1. The van der Waals surface area contributed by atoms with Gasteiger partial charge in [0.2, 0.25) is 5.91 Å². The van der Waals surface area contributed by atoms with Crippen molar-refractivity contribution in [3.63, 3.8) is 0 Å². The Balaban J connectivity index is 1.74. The number of halogens is 1. The topological polar surface area (TPSA) is 66.4 Å². The maximum absolute atomic E-state index is 13.2. The maximum atomic E-state index is 13.2. The van der Waals surface area contributed by atoms with E-state index < -0.39 is 17.4 Å². The number of carbonyl (C=O) groups is 2. The minimum Gasteiger partial charge on any atom is -0.481 e. The molecule has 2 aliphatic carbocycles. The number of carboxylic acids is 1. The van der Waals surface area contributed by atoms with Crippen molar-refractivity contribution >= 4 is 11.9 Å². The van der Waals surface area contributed by atoms with Crippen LogP contribution < -0.4 is 5.32 Å². The summed E-state index contributed by atoms with van der Waals surface area (Å²) in [5, 5.41) is 12.3. The smallest absolute Gasteiger partial charge is 0.306 e. The molecule has 0 spiro atoms. The van der Waals surface area contributed by atoms with Crippen LogP contribution in [0.15, 0.2) is 24.3 Å². The van der Waals surface area contributed by atoms with Crippen LogP contribution in [0.5, 0.6) is 0 Å². The molecule has 2 fully saturated rings. The molecule has 124 valence electrons. The minimum atomic E-state index is -0.811. The molecule has 0 aliphatic heterocycles.